The number of likely N-dealkylation sites (tertiary alicyclic amines) is 1. The van der Waals surface area contributed by atoms with Crippen LogP contribution in [0.2, 0.25) is 0 Å². The normalized spacial score (nSPS) is 19.6. The van der Waals surface area contributed by atoms with Gasteiger partial charge in [0.15, 0.2) is 0 Å². The summed E-state index contributed by atoms with van der Waals surface area (Å²) in [5.41, 5.74) is 0. The van der Waals surface area contributed by atoms with Crippen LogP contribution in [0.5, 0.6) is 0 Å². The quantitative estimate of drug-likeness (QED) is 0.688. The summed E-state index contributed by atoms with van der Waals surface area (Å²) >= 11 is 5.56. The number of piperidine rings is 1. The van der Waals surface area contributed by atoms with Gasteiger partial charge in [0.2, 0.25) is 10.0 Å². The fourth-order valence-electron chi connectivity index (χ4n) is 2.28. The standard InChI is InChI=1S/C11H23ClN2O3S/c1-13-6-3-11(4-7-13)14(8-9-15)18(16,17)10-2-5-12/h11,15H,2-10H2,1H3. The molecule has 0 spiro atoms. The molecular weight excluding hydrogens is 276 g/mol. The Balaban J connectivity index is 2.69. The van der Waals surface area contributed by atoms with E-state index in [1.165, 1.54) is 4.31 Å². The van der Waals surface area contributed by atoms with Crippen LogP contribution in [-0.4, -0.2) is 73.7 Å². The molecule has 0 atom stereocenters. The van der Waals surface area contributed by atoms with Gasteiger partial charge in [0.1, 0.15) is 0 Å². The molecule has 1 saturated heterocycles. The van der Waals surface area contributed by atoms with Gasteiger partial charge in [0.05, 0.1) is 12.4 Å². The second kappa shape index (κ2) is 7.65. The van der Waals surface area contributed by atoms with Crippen LogP contribution in [0, 0.1) is 0 Å². The summed E-state index contributed by atoms with van der Waals surface area (Å²) in [6, 6.07) is 0.0219. The van der Waals surface area contributed by atoms with E-state index in [9.17, 15) is 8.42 Å². The summed E-state index contributed by atoms with van der Waals surface area (Å²) in [7, 11) is -1.26. The first-order valence-electron chi connectivity index (χ1n) is 6.36. The van der Waals surface area contributed by atoms with Crippen LogP contribution in [0.3, 0.4) is 0 Å². The number of nitrogens with zero attached hydrogens (tertiary/aromatic N) is 2. The third-order valence-electron chi connectivity index (χ3n) is 3.31. The molecule has 108 valence electrons. The van der Waals surface area contributed by atoms with E-state index in [4.69, 9.17) is 16.7 Å². The van der Waals surface area contributed by atoms with Crippen molar-refractivity contribution >= 4 is 21.6 Å². The molecule has 0 unspecified atom stereocenters. The summed E-state index contributed by atoms with van der Waals surface area (Å²) in [5.74, 6) is 0.419. The minimum atomic E-state index is -3.29. The van der Waals surface area contributed by atoms with E-state index in [2.05, 4.69) is 4.90 Å². The molecule has 0 aromatic heterocycles. The Morgan fingerprint density at radius 3 is 2.50 bits per heavy atom. The first-order chi connectivity index (χ1) is 8.51. The van der Waals surface area contributed by atoms with Crippen molar-refractivity contribution in [1.29, 1.82) is 0 Å². The van der Waals surface area contributed by atoms with Gasteiger partial charge in [0.25, 0.3) is 0 Å². The lowest BCUT2D eigenvalue weighted by Gasteiger charge is -2.36. The van der Waals surface area contributed by atoms with Crippen LogP contribution in [0.15, 0.2) is 0 Å². The summed E-state index contributed by atoms with van der Waals surface area (Å²) in [4.78, 5) is 2.19. The molecule has 1 fully saturated rings. The molecule has 0 radical (unpaired) electrons. The highest BCUT2D eigenvalue weighted by Crippen LogP contribution is 2.19. The third-order valence-corrected chi connectivity index (χ3v) is 5.58. The van der Waals surface area contributed by atoms with Gasteiger partial charge < -0.3 is 10.0 Å². The van der Waals surface area contributed by atoms with Crippen molar-refractivity contribution in [3.8, 4) is 0 Å². The summed E-state index contributed by atoms with van der Waals surface area (Å²) < 4.78 is 25.9. The molecule has 1 N–H and O–H groups in total. The van der Waals surface area contributed by atoms with Crippen LogP contribution in [0.4, 0.5) is 0 Å². The monoisotopic (exact) mass is 298 g/mol. The topological polar surface area (TPSA) is 60.9 Å². The highest BCUT2D eigenvalue weighted by molar-refractivity contribution is 7.89. The zero-order chi connectivity index (χ0) is 13.6. The maximum absolute atomic E-state index is 12.2. The maximum Gasteiger partial charge on any atom is 0.214 e. The molecule has 0 bridgehead atoms. The maximum atomic E-state index is 12.2. The number of rotatable bonds is 7. The molecule has 0 amide bonds. The predicted octanol–water partition coefficient (Wildman–Crippen LogP) is 0.334. The molecule has 18 heavy (non-hydrogen) atoms. The number of hydrogen-bond acceptors (Lipinski definition) is 4. The SMILES string of the molecule is CN1CCC(N(CCO)S(=O)(=O)CCCCl)CC1. The fraction of sp³-hybridized carbons (Fsp3) is 1.00. The first-order valence-corrected chi connectivity index (χ1v) is 8.50. The lowest BCUT2D eigenvalue weighted by Crippen LogP contribution is -2.48. The Labute approximate surface area is 115 Å². The van der Waals surface area contributed by atoms with Gasteiger partial charge in [0, 0.05) is 18.5 Å². The van der Waals surface area contributed by atoms with Gasteiger partial charge in [-0.05, 0) is 39.4 Å². The second-order valence-electron chi connectivity index (χ2n) is 4.73. The summed E-state index contributed by atoms with van der Waals surface area (Å²) in [6.07, 6.45) is 2.12. The van der Waals surface area contributed by atoms with E-state index in [1.807, 2.05) is 7.05 Å². The number of hydrogen-bond donors (Lipinski definition) is 1. The van der Waals surface area contributed by atoms with Crippen LogP contribution in [0.25, 0.3) is 0 Å². The van der Waals surface area contributed by atoms with E-state index in [0.717, 1.165) is 25.9 Å². The highest BCUT2D eigenvalue weighted by Gasteiger charge is 2.31. The number of sulfonamides is 1. The lowest BCUT2D eigenvalue weighted by molar-refractivity contribution is 0.161. The average Bonchev–Trinajstić information content (AvgIpc) is 2.35. The number of aliphatic hydroxyl groups is 1. The van der Waals surface area contributed by atoms with Gasteiger partial charge in [-0.2, -0.15) is 4.31 Å². The smallest absolute Gasteiger partial charge is 0.214 e. The molecule has 1 heterocycles. The van der Waals surface area contributed by atoms with E-state index in [0.29, 0.717) is 12.3 Å². The Morgan fingerprint density at radius 2 is 2.00 bits per heavy atom. The fourth-order valence-corrected chi connectivity index (χ4v) is 4.35. The predicted molar refractivity (Wildman–Crippen MR) is 73.4 cm³/mol. The number of halogens is 1. The zero-order valence-corrected chi connectivity index (χ0v) is 12.5. The van der Waals surface area contributed by atoms with Crippen LogP contribution >= 0.6 is 11.6 Å². The van der Waals surface area contributed by atoms with E-state index in [1.54, 1.807) is 0 Å². The van der Waals surface area contributed by atoms with Gasteiger partial charge in [-0.1, -0.05) is 0 Å². The zero-order valence-electron chi connectivity index (χ0n) is 10.9. The number of alkyl halides is 1. The molecular formula is C11H23ClN2O3S. The molecule has 1 aliphatic heterocycles. The summed E-state index contributed by atoms with van der Waals surface area (Å²) in [6.45, 7) is 1.86. The van der Waals surface area contributed by atoms with Crippen molar-refractivity contribution in [2.75, 3.05) is 44.9 Å². The number of aliphatic hydroxyl groups excluding tert-OH is 1. The van der Waals surface area contributed by atoms with Crippen molar-refractivity contribution in [3.63, 3.8) is 0 Å². The van der Waals surface area contributed by atoms with Gasteiger partial charge in [-0.25, -0.2) is 8.42 Å². The molecule has 0 aromatic rings. The molecule has 0 saturated carbocycles. The molecule has 5 nitrogen and oxygen atoms in total. The highest BCUT2D eigenvalue weighted by atomic mass is 35.5. The van der Waals surface area contributed by atoms with Crippen molar-refractivity contribution in [1.82, 2.24) is 9.21 Å². The van der Waals surface area contributed by atoms with Crippen LogP contribution in [-0.2, 0) is 10.0 Å². The van der Waals surface area contributed by atoms with Gasteiger partial charge in [-0.3, -0.25) is 0 Å². The summed E-state index contributed by atoms with van der Waals surface area (Å²) in [5, 5.41) is 9.07. The van der Waals surface area contributed by atoms with E-state index >= 15 is 0 Å². The van der Waals surface area contributed by atoms with Gasteiger partial charge >= 0.3 is 0 Å². The Morgan fingerprint density at radius 1 is 1.39 bits per heavy atom. The van der Waals surface area contributed by atoms with Crippen molar-refractivity contribution < 1.29 is 13.5 Å². The largest absolute Gasteiger partial charge is 0.395 e. The van der Waals surface area contributed by atoms with Crippen LogP contribution < -0.4 is 0 Å². The lowest BCUT2D eigenvalue weighted by atomic mass is 10.1. The van der Waals surface area contributed by atoms with Crippen molar-refractivity contribution in [2.24, 2.45) is 0 Å². The molecule has 0 aliphatic carbocycles. The molecule has 1 rings (SSSR count). The first kappa shape index (κ1) is 16.2. The third kappa shape index (κ3) is 4.66. The van der Waals surface area contributed by atoms with E-state index < -0.39 is 10.0 Å². The second-order valence-corrected chi connectivity index (χ2v) is 7.15. The Bertz CT molecular complexity index is 329. The van der Waals surface area contributed by atoms with Crippen molar-refractivity contribution in [3.05, 3.63) is 0 Å². The Hall–Kier alpha value is 0.120. The minimum absolute atomic E-state index is 0.0219. The molecule has 7 heteroatoms. The van der Waals surface area contributed by atoms with Crippen molar-refractivity contribution in [2.45, 2.75) is 25.3 Å². The van der Waals surface area contributed by atoms with Gasteiger partial charge in [-0.15, -0.1) is 11.6 Å². The van der Waals surface area contributed by atoms with Crippen LogP contribution in [0.1, 0.15) is 19.3 Å². The van der Waals surface area contributed by atoms with E-state index in [-0.39, 0.29) is 24.9 Å². The molecule has 1 aliphatic rings. The Kier molecular flexibility index (Phi) is 6.87. The molecule has 0 aromatic carbocycles. The minimum Gasteiger partial charge on any atom is -0.395 e. The average molecular weight is 299 g/mol.